The van der Waals surface area contributed by atoms with Gasteiger partial charge in [0.2, 0.25) is 10.0 Å². The Kier molecular flexibility index (Phi) is 6.30. The van der Waals surface area contributed by atoms with Crippen LogP contribution in [-0.2, 0) is 21.3 Å². The first-order valence-corrected chi connectivity index (χ1v) is 10.4. The standard InChI is InChI=1S/C18H22F2N4O4S/c1-13-16(12-24(21-13)18(19)20)29(26,27)23-9-7-22(8-10-23)11-14-3-5-15(6-4-14)17(25)28-2/h3-6,12,18H,7-11H2,1-2H3. The molecule has 0 aliphatic carbocycles. The minimum Gasteiger partial charge on any atom is -0.465 e. The highest BCUT2D eigenvalue weighted by Gasteiger charge is 2.31. The SMILES string of the molecule is COC(=O)c1ccc(CN2CCN(S(=O)(=O)c3cn(C(F)F)nc3C)CC2)cc1. The lowest BCUT2D eigenvalue weighted by atomic mass is 10.1. The van der Waals surface area contributed by atoms with Crippen LogP contribution in [0.3, 0.4) is 0 Å². The zero-order chi connectivity index (χ0) is 21.2. The maximum absolute atomic E-state index is 12.8. The van der Waals surface area contributed by atoms with E-state index in [4.69, 9.17) is 0 Å². The van der Waals surface area contributed by atoms with Gasteiger partial charge >= 0.3 is 12.5 Å². The van der Waals surface area contributed by atoms with Crippen LogP contribution in [0.5, 0.6) is 0 Å². The van der Waals surface area contributed by atoms with Crippen molar-refractivity contribution < 1.29 is 26.7 Å². The number of halogens is 2. The fourth-order valence-electron chi connectivity index (χ4n) is 3.21. The van der Waals surface area contributed by atoms with Crippen LogP contribution < -0.4 is 0 Å². The molecule has 2 heterocycles. The average molecular weight is 428 g/mol. The van der Waals surface area contributed by atoms with Crippen LogP contribution in [0.15, 0.2) is 35.4 Å². The molecule has 2 aromatic rings. The molecule has 0 spiro atoms. The van der Waals surface area contributed by atoms with Crippen molar-refractivity contribution in [2.45, 2.75) is 24.9 Å². The van der Waals surface area contributed by atoms with E-state index in [9.17, 15) is 22.0 Å². The number of sulfonamides is 1. The molecule has 1 aliphatic heterocycles. The Morgan fingerprint density at radius 1 is 1.17 bits per heavy atom. The Hall–Kier alpha value is -2.37. The van der Waals surface area contributed by atoms with Crippen LogP contribution in [0.25, 0.3) is 0 Å². The number of piperazine rings is 1. The summed E-state index contributed by atoms with van der Waals surface area (Å²) in [6.45, 7) is 0.627. The quantitative estimate of drug-likeness (QED) is 0.654. The molecule has 1 saturated heterocycles. The molecular weight excluding hydrogens is 406 g/mol. The number of aryl methyl sites for hydroxylation is 1. The zero-order valence-electron chi connectivity index (χ0n) is 16.1. The first kappa shape index (κ1) is 21.3. The molecule has 1 aromatic heterocycles. The lowest BCUT2D eigenvalue weighted by molar-refractivity contribution is 0.0560. The molecule has 0 N–H and O–H groups in total. The predicted octanol–water partition coefficient (Wildman–Crippen LogP) is 1.88. The summed E-state index contributed by atoms with van der Waals surface area (Å²) in [6, 6.07) is 7.03. The minimum absolute atomic E-state index is 0.0541. The molecule has 0 bridgehead atoms. The third kappa shape index (κ3) is 4.62. The van der Waals surface area contributed by atoms with Gasteiger partial charge in [-0.3, -0.25) is 4.90 Å². The van der Waals surface area contributed by atoms with Crippen LogP contribution in [0.2, 0.25) is 0 Å². The Balaban J connectivity index is 1.62. The van der Waals surface area contributed by atoms with Crippen molar-refractivity contribution in [3.05, 3.63) is 47.3 Å². The number of carbonyl (C=O) groups excluding carboxylic acids is 1. The Bertz CT molecular complexity index is 968. The number of ether oxygens (including phenoxy) is 1. The summed E-state index contributed by atoms with van der Waals surface area (Å²) in [6.07, 6.45) is 0.880. The van der Waals surface area contributed by atoms with Gasteiger partial charge in [-0.25, -0.2) is 17.9 Å². The summed E-state index contributed by atoms with van der Waals surface area (Å²) in [7, 11) is -2.56. The van der Waals surface area contributed by atoms with E-state index in [0.717, 1.165) is 11.8 Å². The van der Waals surface area contributed by atoms with Crippen molar-refractivity contribution in [1.29, 1.82) is 0 Å². The maximum atomic E-state index is 12.8. The normalized spacial score (nSPS) is 16.3. The molecule has 1 fully saturated rings. The van der Waals surface area contributed by atoms with Gasteiger partial charge in [0.1, 0.15) is 4.90 Å². The number of esters is 1. The van der Waals surface area contributed by atoms with Crippen LogP contribution >= 0.6 is 0 Å². The summed E-state index contributed by atoms with van der Waals surface area (Å²) >= 11 is 0. The van der Waals surface area contributed by atoms with Crippen LogP contribution in [0.1, 0.15) is 28.2 Å². The molecule has 29 heavy (non-hydrogen) atoms. The number of methoxy groups -OCH3 is 1. The van der Waals surface area contributed by atoms with E-state index in [1.54, 1.807) is 12.1 Å². The summed E-state index contributed by atoms with van der Waals surface area (Å²) in [5.41, 5.74) is 1.51. The average Bonchev–Trinajstić information content (AvgIpc) is 3.11. The van der Waals surface area contributed by atoms with Crippen molar-refractivity contribution in [2.24, 2.45) is 0 Å². The molecular formula is C18H22F2N4O4S. The highest BCUT2D eigenvalue weighted by atomic mass is 32.2. The maximum Gasteiger partial charge on any atom is 0.337 e. The molecule has 11 heteroatoms. The molecule has 0 atom stereocenters. The van der Waals surface area contributed by atoms with Gasteiger partial charge in [-0.1, -0.05) is 12.1 Å². The van der Waals surface area contributed by atoms with E-state index in [1.165, 1.54) is 18.3 Å². The van der Waals surface area contributed by atoms with Crippen molar-refractivity contribution in [2.75, 3.05) is 33.3 Å². The van der Waals surface area contributed by atoms with Gasteiger partial charge in [0.05, 0.1) is 24.6 Å². The molecule has 8 nitrogen and oxygen atoms in total. The molecule has 0 amide bonds. The Labute approximate surface area is 167 Å². The Morgan fingerprint density at radius 3 is 2.31 bits per heavy atom. The van der Waals surface area contributed by atoms with Gasteiger partial charge in [-0.15, -0.1) is 0 Å². The van der Waals surface area contributed by atoms with E-state index in [2.05, 4.69) is 14.7 Å². The van der Waals surface area contributed by atoms with Gasteiger partial charge in [-0.2, -0.15) is 18.2 Å². The van der Waals surface area contributed by atoms with Crippen LogP contribution in [-0.4, -0.2) is 66.7 Å². The Morgan fingerprint density at radius 2 is 1.79 bits per heavy atom. The number of nitrogens with zero attached hydrogens (tertiary/aromatic N) is 4. The first-order valence-electron chi connectivity index (χ1n) is 8.96. The molecule has 1 aliphatic rings. The topological polar surface area (TPSA) is 84.7 Å². The molecule has 0 unspecified atom stereocenters. The molecule has 3 rings (SSSR count). The van der Waals surface area contributed by atoms with Gasteiger partial charge in [0.15, 0.2) is 0 Å². The van der Waals surface area contributed by atoms with Crippen LogP contribution in [0, 0.1) is 6.92 Å². The second-order valence-corrected chi connectivity index (χ2v) is 8.61. The van der Waals surface area contributed by atoms with Gasteiger partial charge in [0, 0.05) is 32.7 Å². The lowest BCUT2D eigenvalue weighted by Crippen LogP contribution is -2.48. The van der Waals surface area contributed by atoms with Crippen molar-refractivity contribution >= 4 is 16.0 Å². The van der Waals surface area contributed by atoms with E-state index in [-0.39, 0.29) is 23.7 Å². The fraction of sp³-hybridized carbons (Fsp3) is 0.444. The van der Waals surface area contributed by atoms with Gasteiger partial charge < -0.3 is 4.74 Å². The summed E-state index contributed by atoms with van der Waals surface area (Å²) in [5.74, 6) is -0.402. The highest BCUT2D eigenvalue weighted by molar-refractivity contribution is 7.89. The second-order valence-electron chi connectivity index (χ2n) is 6.71. The third-order valence-electron chi connectivity index (χ3n) is 4.80. The van der Waals surface area contributed by atoms with Crippen molar-refractivity contribution in [1.82, 2.24) is 19.0 Å². The van der Waals surface area contributed by atoms with Gasteiger partial charge in [0.25, 0.3) is 0 Å². The van der Waals surface area contributed by atoms with E-state index >= 15 is 0 Å². The summed E-state index contributed by atoms with van der Waals surface area (Å²) in [4.78, 5) is 13.4. The minimum atomic E-state index is -3.88. The summed E-state index contributed by atoms with van der Waals surface area (Å²) in [5, 5.41) is 3.59. The van der Waals surface area contributed by atoms with Crippen LogP contribution in [0.4, 0.5) is 8.78 Å². The summed E-state index contributed by atoms with van der Waals surface area (Å²) < 4.78 is 57.5. The van der Waals surface area contributed by atoms with Crippen molar-refractivity contribution in [3.63, 3.8) is 0 Å². The van der Waals surface area contributed by atoms with Gasteiger partial charge in [-0.05, 0) is 24.6 Å². The molecule has 1 aromatic carbocycles. The number of carbonyl (C=O) groups is 1. The van der Waals surface area contributed by atoms with E-state index < -0.39 is 22.5 Å². The predicted molar refractivity (Wildman–Crippen MR) is 100 cm³/mol. The smallest absolute Gasteiger partial charge is 0.337 e. The molecule has 0 radical (unpaired) electrons. The van der Waals surface area contributed by atoms with E-state index in [1.807, 2.05) is 12.1 Å². The number of benzene rings is 1. The monoisotopic (exact) mass is 428 g/mol. The fourth-order valence-corrected chi connectivity index (χ4v) is 4.79. The largest absolute Gasteiger partial charge is 0.465 e. The molecule has 0 saturated carbocycles. The first-order chi connectivity index (χ1) is 13.7. The third-order valence-corrected chi connectivity index (χ3v) is 6.80. The number of hydrogen-bond acceptors (Lipinski definition) is 6. The number of aromatic nitrogens is 2. The number of alkyl halides is 2. The molecule has 158 valence electrons. The lowest BCUT2D eigenvalue weighted by Gasteiger charge is -2.33. The zero-order valence-corrected chi connectivity index (χ0v) is 16.9. The van der Waals surface area contributed by atoms with Crippen molar-refractivity contribution in [3.8, 4) is 0 Å². The second kappa shape index (κ2) is 8.56. The van der Waals surface area contributed by atoms with E-state index in [0.29, 0.717) is 29.9 Å². The number of hydrogen-bond donors (Lipinski definition) is 0. The number of rotatable bonds is 6. The highest BCUT2D eigenvalue weighted by Crippen LogP contribution is 2.23.